The van der Waals surface area contributed by atoms with E-state index in [0.29, 0.717) is 18.5 Å². The summed E-state index contributed by atoms with van der Waals surface area (Å²) in [6, 6.07) is 20.7. The van der Waals surface area contributed by atoms with Crippen molar-refractivity contribution in [2.75, 3.05) is 13.1 Å². The second-order valence-corrected chi connectivity index (χ2v) is 13.0. The Morgan fingerprint density at radius 2 is 1.57 bits per heavy atom. The van der Waals surface area contributed by atoms with Crippen LogP contribution < -0.4 is 10.6 Å². The minimum absolute atomic E-state index is 0.0498. The number of hydrogen-bond acceptors (Lipinski definition) is 6. The largest absolute Gasteiger partial charge is 0.458 e. The van der Waals surface area contributed by atoms with Crippen LogP contribution in [0, 0.1) is 5.92 Å². The van der Waals surface area contributed by atoms with Gasteiger partial charge in [-0.1, -0.05) is 87.0 Å². The molecule has 0 spiro atoms. The van der Waals surface area contributed by atoms with Crippen LogP contribution in [0.1, 0.15) is 69.8 Å². The first kappa shape index (κ1) is 32.9. The molecule has 2 N–H and O–H groups in total. The van der Waals surface area contributed by atoms with Crippen LogP contribution in [0.4, 0.5) is 0 Å². The second-order valence-electron chi connectivity index (χ2n) is 13.0. The molecular formula is C36H45N3O5. The number of amides is 2. The molecule has 1 aliphatic rings. The first-order valence-electron chi connectivity index (χ1n) is 15.5. The minimum Gasteiger partial charge on any atom is -0.458 e. The van der Waals surface area contributed by atoms with Crippen LogP contribution in [-0.2, 0) is 25.5 Å². The average Bonchev–Trinajstić information content (AvgIpc) is 2.98. The highest BCUT2D eigenvalue weighted by Gasteiger charge is 2.35. The van der Waals surface area contributed by atoms with Crippen molar-refractivity contribution in [3.8, 4) is 0 Å². The van der Waals surface area contributed by atoms with Crippen LogP contribution in [0.15, 0.2) is 72.8 Å². The number of rotatable bonds is 11. The van der Waals surface area contributed by atoms with Gasteiger partial charge in [0.15, 0.2) is 5.78 Å². The molecule has 3 aromatic rings. The number of piperidine rings is 1. The SMILES string of the molecule is CC(C)C(NC(=O)[C@H](Cc1ccccc1)NC(=O)[C@@H]1CCCCN1CC(=O)c1ccc2ccccc2c1)C(=O)OC(C)(C)C. The van der Waals surface area contributed by atoms with Crippen LogP contribution in [0.2, 0.25) is 0 Å². The van der Waals surface area contributed by atoms with E-state index in [-0.39, 0.29) is 30.6 Å². The van der Waals surface area contributed by atoms with Gasteiger partial charge in [0.25, 0.3) is 0 Å². The maximum Gasteiger partial charge on any atom is 0.329 e. The lowest BCUT2D eigenvalue weighted by Crippen LogP contribution is -2.58. The Labute approximate surface area is 260 Å². The third-order valence-electron chi connectivity index (χ3n) is 7.88. The second kappa shape index (κ2) is 14.6. The Hall–Kier alpha value is -4.04. The fraction of sp³-hybridized carbons (Fsp3) is 0.444. The molecule has 3 atom stereocenters. The van der Waals surface area contributed by atoms with E-state index in [1.165, 1.54) is 0 Å². The van der Waals surface area contributed by atoms with Crippen molar-refractivity contribution in [1.29, 1.82) is 0 Å². The maximum atomic E-state index is 13.8. The van der Waals surface area contributed by atoms with Gasteiger partial charge in [-0.3, -0.25) is 19.3 Å². The van der Waals surface area contributed by atoms with E-state index in [0.717, 1.165) is 29.2 Å². The molecule has 1 aliphatic heterocycles. The fourth-order valence-corrected chi connectivity index (χ4v) is 5.56. The van der Waals surface area contributed by atoms with Gasteiger partial charge in [-0.15, -0.1) is 0 Å². The molecule has 0 bridgehead atoms. The molecule has 1 fully saturated rings. The van der Waals surface area contributed by atoms with Crippen molar-refractivity contribution in [2.45, 2.75) is 84.0 Å². The summed E-state index contributed by atoms with van der Waals surface area (Å²) in [7, 11) is 0. The van der Waals surface area contributed by atoms with Gasteiger partial charge in [-0.2, -0.15) is 0 Å². The number of fused-ring (bicyclic) bond motifs is 1. The zero-order valence-electron chi connectivity index (χ0n) is 26.5. The number of Topliss-reactive ketones (excluding diaryl/α,β-unsaturated/α-hetero) is 1. The van der Waals surface area contributed by atoms with Crippen LogP contribution in [0.5, 0.6) is 0 Å². The lowest BCUT2D eigenvalue weighted by molar-refractivity contribution is -0.160. The number of carbonyl (C=O) groups is 4. The summed E-state index contributed by atoms with van der Waals surface area (Å²) in [4.78, 5) is 55.8. The number of hydrogen-bond donors (Lipinski definition) is 2. The summed E-state index contributed by atoms with van der Waals surface area (Å²) in [5, 5.41) is 7.88. The highest BCUT2D eigenvalue weighted by molar-refractivity contribution is 6.01. The Morgan fingerprint density at radius 1 is 0.886 bits per heavy atom. The van der Waals surface area contributed by atoms with Gasteiger partial charge in [0.2, 0.25) is 11.8 Å². The standard InChI is InChI=1S/C36H45N3O5/c1-24(2)32(35(43)44-36(3,4)5)38-33(41)29(21-25-13-7-6-8-14-25)37-34(42)30-17-11-12-20-39(30)23-31(40)28-19-18-26-15-9-10-16-27(26)22-28/h6-10,13-16,18-19,22,24,29-30,32H,11-12,17,20-21,23H2,1-5H3,(H,37,42)(H,38,41)/t29-,30-,32?/m0/s1. The fourth-order valence-electron chi connectivity index (χ4n) is 5.56. The van der Waals surface area contributed by atoms with Crippen molar-refractivity contribution in [3.63, 3.8) is 0 Å². The topological polar surface area (TPSA) is 105 Å². The van der Waals surface area contributed by atoms with E-state index in [2.05, 4.69) is 10.6 Å². The maximum absolute atomic E-state index is 13.8. The normalized spacial score (nSPS) is 17.1. The van der Waals surface area contributed by atoms with Gasteiger partial charge in [0.1, 0.15) is 17.7 Å². The molecule has 0 aliphatic carbocycles. The van der Waals surface area contributed by atoms with E-state index in [4.69, 9.17) is 4.74 Å². The summed E-state index contributed by atoms with van der Waals surface area (Å²) in [6.07, 6.45) is 2.57. The summed E-state index contributed by atoms with van der Waals surface area (Å²) in [5.74, 6) is -1.55. The Balaban J connectivity index is 1.50. The van der Waals surface area contributed by atoms with Gasteiger partial charge < -0.3 is 15.4 Å². The van der Waals surface area contributed by atoms with Gasteiger partial charge in [0.05, 0.1) is 12.6 Å². The van der Waals surface area contributed by atoms with Gasteiger partial charge >= 0.3 is 5.97 Å². The molecule has 234 valence electrons. The first-order chi connectivity index (χ1) is 20.9. The smallest absolute Gasteiger partial charge is 0.329 e. The number of benzene rings is 3. The zero-order valence-corrected chi connectivity index (χ0v) is 26.5. The molecular weight excluding hydrogens is 554 g/mol. The monoisotopic (exact) mass is 599 g/mol. The third kappa shape index (κ3) is 8.99. The Bertz CT molecular complexity index is 1460. The van der Waals surface area contributed by atoms with E-state index in [1.807, 2.05) is 91.5 Å². The molecule has 1 unspecified atom stereocenters. The quantitative estimate of drug-likeness (QED) is 0.235. The summed E-state index contributed by atoms with van der Waals surface area (Å²) < 4.78 is 5.57. The van der Waals surface area contributed by atoms with E-state index < -0.39 is 35.6 Å². The van der Waals surface area contributed by atoms with E-state index in [1.54, 1.807) is 20.8 Å². The number of carbonyl (C=O) groups excluding carboxylic acids is 4. The molecule has 1 heterocycles. The summed E-state index contributed by atoms with van der Waals surface area (Å²) in [6.45, 7) is 9.74. The predicted molar refractivity (Wildman–Crippen MR) is 172 cm³/mol. The van der Waals surface area contributed by atoms with Crippen LogP contribution in [0.25, 0.3) is 10.8 Å². The van der Waals surface area contributed by atoms with Crippen molar-refractivity contribution in [1.82, 2.24) is 15.5 Å². The number of esters is 1. The molecule has 8 nitrogen and oxygen atoms in total. The lowest BCUT2D eigenvalue weighted by Gasteiger charge is -2.35. The molecule has 0 radical (unpaired) electrons. The van der Waals surface area contributed by atoms with Crippen LogP contribution >= 0.6 is 0 Å². The lowest BCUT2D eigenvalue weighted by atomic mass is 9.98. The Morgan fingerprint density at radius 3 is 2.25 bits per heavy atom. The van der Waals surface area contributed by atoms with Crippen LogP contribution in [0.3, 0.4) is 0 Å². The Kier molecular flexibility index (Phi) is 10.9. The van der Waals surface area contributed by atoms with E-state index >= 15 is 0 Å². The van der Waals surface area contributed by atoms with Gasteiger partial charge in [0, 0.05) is 12.0 Å². The molecule has 4 rings (SSSR count). The predicted octanol–water partition coefficient (Wildman–Crippen LogP) is 5.09. The van der Waals surface area contributed by atoms with E-state index in [9.17, 15) is 19.2 Å². The molecule has 0 aromatic heterocycles. The summed E-state index contributed by atoms with van der Waals surface area (Å²) in [5.41, 5.74) is 0.774. The highest BCUT2D eigenvalue weighted by Crippen LogP contribution is 2.21. The number of ketones is 1. The summed E-state index contributed by atoms with van der Waals surface area (Å²) >= 11 is 0. The van der Waals surface area contributed by atoms with Crippen molar-refractivity contribution >= 4 is 34.3 Å². The molecule has 44 heavy (non-hydrogen) atoms. The molecule has 0 saturated carbocycles. The van der Waals surface area contributed by atoms with Crippen molar-refractivity contribution in [3.05, 3.63) is 83.9 Å². The van der Waals surface area contributed by atoms with Crippen LogP contribution in [-0.4, -0.2) is 65.3 Å². The minimum atomic E-state index is -0.923. The number of nitrogens with zero attached hydrogens (tertiary/aromatic N) is 1. The average molecular weight is 600 g/mol. The first-order valence-corrected chi connectivity index (χ1v) is 15.5. The molecule has 3 aromatic carbocycles. The van der Waals surface area contributed by atoms with Crippen molar-refractivity contribution in [2.24, 2.45) is 5.92 Å². The third-order valence-corrected chi connectivity index (χ3v) is 7.88. The molecule has 2 amide bonds. The number of ether oxygens (including phenoxy) is 1. The number of likely N-dealkylation sites (tertiary alicyclic amines) is 1. The zero-order chi connectivity index (χ0) is 31.9. The van der Waals surface area contributed by atoms with Gasteiger partial charge in [-0.05, 0) is 68.5 Å². The van der Waals surface area contributed by atoms with Gasteiger partial charge in [-0.25, -0.2) is 4.79 Å². The highest BCUT2D eigenvalue weighted by atomic mass is 16.6. The molecule has 1 saturated heterocycles. The van der Waals surface area contributed by atoms with Crippen molar-refractivity contribution < 1.29 is 23.9 Å². The molecule has 8 heteroatoms. The number of nitrogens with one attached hydrogen (secondary N) is 2.